The molecule has 0 aliphatic heterocycles. The molecule has 0 unspecified atom stereocenters. The van der Waals surface area contributed by atoms with E-state index >= 15 is 0 Å². The van der Waals surface area contributed by atoms with Crippen molar-refractivity contribution in [2.45, 2.75) is 13.5 Å². The van der Waals surface area contributed by atoms with Gasteiger partial charge in [0, 0.05) is 13.1 Å². The van der Waals surface area contributed by atoms with Crippen LogP contribution in [0.25, 0.3) is 0 Å². The molecule has 19 heavy (non-hydrogen) atoms. The quantitative estimate of drug-likeness (QED) is 0.893. The fraction of sp³-hybridized carbons (Fsp3) is 0.231. The zero-order valence-electron chi connectivity index (χ0n) is 10.5. The molecule has 2 aromatic rings. The van der Waals surface area contributed by atoms with Crippen LogP contribution in [0.3, 0.4) is 0 Å². The predicted molar refractivity (Wildman–Crippen MR) is 68.0 cm³/mol. The second-order valence-corrected chi connectivity index (χ2v) is 3.92. The SMILES string of the molecule is CCN(Cc1ccccc1C#N)C(=O)c1ncn[nH]1. The number of hydrogen-bond acceptors (Lipinski definition) is 4. The number of H-pyrrole nitrogens is 1. The Morgan fingerprint density at radius 1 is 1.47 bits per heavy atom. The molecule has 6 heteroatoms. The van der Waals surface area contributed by atoms with Crippen LogP contribution >= 0.6 is 0 Å². The fourth-order valence-corrected chi connectivity index (χ4v) is 1.76. The number of aromatic nitrogens is 3. The van der Waals surface area contributed by atoms with Crippen molar-refractivity contribution >= 4 is 5.91 Å². The lowest BCUT2D eigenvalue weighted by molar-refractivity contribution is 0.0740. The summed E-state index contributed by atoms with van der Waals surface area (Å²) in [6.45, 7) is 2.78. The fourth-order valence-electron chi connectivity index (χ4n) is 1.76. The normalized spacial score (nSPS) is 9.89. The number of nitriles is 1. The van der Waals surface area contributed by atoms with Gasteiger partial charge in [-0.2, -0.15) is 10.4 Å². The van der Waals surface area contributed by atoms with Crippen LogP contribution in [0.2, 0.25) is 0 Å². The Kier molecular flexibility index (Phi) is 3.88. The molecule has 0 bridgehead atoms. The third-order valence-electron chi connectivity index (χ3n) is 2.79. The molecule has 1 amide bonds. The van der Waals surface area contributed by atoms with Gasteiger partial charge < -0.3 is 4.90 Å². The molecule has 2 rings (SSSR count). The lowest BCUT2D eigenvalue weighted by Gasteiger charge is -2.20. The van der Waals surface area contributed by atoms with Gasteiger partial charge in [0.1, 0.15) is 6.33 Å². The maximum absolute atomic E-state index is 12.2. The summed E-state index contributed by atoms with van der Waals surface area (Å²) in [5.41, 5.74) is 1.39. The van der Waals surface area contributed by atoms with E-state index in [4.69, 9.17) is 5.26 Å². The topological polar surface area (TPSA) is 85.7 Å². The maximum Gasteiger partial charge on any atom is 0.291 e. The predicted octanol–water partition coefficient (Wildman–Crippen LogP) is 1.34. The van der Waals surface area contributed by atoms with E-state index in [0.717, 1.165) is 5.56 Å². The van der Waals surface area contributed by atoms with E-state index in [1.807, 2.05) is 19.1 Å². The van der Waals surface area contributed by atoms with Gasteiger partial charge in [0.25, 0.3) is 5.91 Å². The first-order valence-corrected chi connectivity index (χ1v) is 5.89. The molecule has 1 heterocycles. The van der Waals surface area contributed by atoms with Crippen LogP contribution in [0.4, 0.5) is 0 Å². The smallest absolute Gasteiger partial charge is 0.291 e. The van der Waals surface area contributed by atoms with Gasteiger partial charge in [0.05, 0.1) is 11.6 Å². The molecule has 1 aromatic carbocycles. The summed E-state index contributed by atoms with van der Waals surface area (Å²) in [7, 11) is 0. The highest BCUT2D eigenvalue weighted by atomic mass is 16.2. The van der Waals surface area contributed by atoms with E-state index in [-0.39, 0.29) is 11.7 Å². The first-order valence-electron chi connectivity index (χ1n) is 5.89. The van der Waals surface area contributed by atoms with Crippen LogP contribution in [-0.2, 0) is 6.54 Å². The third-order valence-corrected chi connectivity index (χ3v) is 2.79. The van der Waals surface area contributed by atoms with Crippen molar-refractivity contribution in [3.63, 3.8) is 0 Å². The molecule has 0 aliphatic rings. The number of nitrogens with one attached hydrogen (secondary N) is 1. The zero-order valence-corrected chi connectivity index (χ0v) is 10.5. The third kappa shape index (κ3) is 2.77. The summed E-state index contributed by atoms with van der Waals surface area (Å²) >= 11 is 0. The Hall–Kier alpha value is -2.68. The molecular weight excluding hydrogens is 242 g/mol. The van der Waals surface area contributed by atoms with Crippen LogP contribution in [0.1, 0.15) is 28.7 Å². The van der Waals surface area contributed by atoms with E-state index in [0.29, 0.717) is 18.7 Å². The Labute approximate surface area is 110 Å². The summed E-state index contributed by atoms with van der Waals surface area (Å²) in [5.74, 6) is -0.0240. The van der Waals surface area contributed by atoms with Gasteiger partial charge in [0.2, 0.25) is 5.82 Å². The molecule has 96 valence electrons. The Morgan fingerprint density at radius 2 is 2.26 bits per heavy atom. The number of carbonyl (C=O) groups excluding carboxylic acids is 1. The van der Waals surface area contributed by atoms with Gasteiger partial charge in [-0.05, 0) is 18.6 Å². The number of nitrogens with zero attached hydrogens (tertiary/aromatic N) is 4. The van der Waals surface area contributed by atoms with Gasteiger partial charge in [-0.1, -0.05) is 18.2 Å². The van der Waals surface area contributed by atoms with Gasteiger partial charge >= 0.3 is 0 Å². The average Bonchev–Trinajstić information content (AvgIpc) is 2.98. The van der Waals surface area contributed by atoms with Gasteiger partial charge in [-0.3, -0.25) is 9.89 Å². The molecule has 0 saturated heterocycles. The summed E-state index contributed by atoms with van der Waals surface area (Å²) in [6, 6.07) is 9.36. The summed E-state index contributed by atoms with van der Waals surface area (Å²) in [5, 5.41) is 15.3. The van der Waals surface area contributed by atoms with Crippen molar-refractivity contribution in [1.29, 1.82) is 5.26 Å². The van der Waals surface area contributed by atoms with Crippen molar-refractivity contribution in [2.24, 2.45) is 0 Å². The molecule has 0 spiro atoms. The Bertz CT molecular complexity index is 600. The lowest BCUT2D eigenvalue weighted by atomic mass is 10.1. The van der Waals surface area contributed by atoms with Gasteiger partial charge in [0.15, 0.2) is 0 Å². The van der Waals surface area contributed by atoms with Crippen LogP contribution < -0.4 is 0 Å². The monoisotopic (exact) mass is 255 g/mol. The molecule has 0 aliphatic carbocycles. The number of aromatic amines is 1. The largest absolute Gasteiger partial charge is 0.332 e. The van der Waals surface area contributed by atoms with Crippen LogP contribution in [-0.4, -0.2) is 32.5 Å². The molecule has 0 radical (unpaired) electrons. The molecular formula is C13H13N5O. The molecule has 0 fully saturated rings. The van der Waals surface area contributed by atoms with E-state index < -0.39 is 0 Å². The van der Waals surface area contributed by atoms with Crippen molar-refractivity contribution < 1.29 is 4.79 Å². The summed E-state index contributed by atoms with van der Waals surface area (Å²) < 4.78 is 0. The maximum atomic E-state index is 12.2. The van der Waals surface area contributed by atoms with Gasteiger partial charge in [-0.15, -0.1) is 0 Å². The van der Waals surface area contributed by atoms with E-state index in [1.54, 1.807) is 17.0 Å². The second kappa shape index (κ2) is 5.78. The summed E-state index contributed by atoms with van der Waals surface area (Å²) in [4.78, 5) is 17.6. The molecule has 0 atom stereocenters. The summed E-state index contributed by atoms with van der Waals surface area (Å²) in [6.07, 6.45) is 1.30. The van der Waals surface area contributed by atoms with Crippen LogP contribution in [0.15, 0.2) is 30.6 Å². The van der Waals surface area contributed by atoms with E-state index in [2.05, 4.69) is 21.3 Å². The van der Waals surface area contributed by atoms with Gasteiger partial charge in [-0.25, -0.2) is 4.98 Å². The van der Waals surface area contributed by atoms with Crippen LogP contribution in [0, 0.1) is 11.3 Å². The first kappa shape index (κ1) is 12.8. The van der Waals surface area contributed by atoms with Crippen molar-refractivity contribution in [3.05, 3.63) is 47.5 Å². The highest BCUT2D eigenvalue weighted by Crippen LogP contribution is 2.12. The highest BCUT2D eigenvalue weighted by molar-refractivity contribution is 5.90. The Balaban J connectivity index is 2.20. The van der Waals surface area contributed by atoms with E-state index in [9.17, 15) is 4.79 Å². The number of rotatable bonds is 4. The number of benzene rings is 1. The Morgan fingerprint density at radius 3 is 2.89 bits per heavy atom. The highest BCUT2D eigenvalue weighted by Gasteiger charge is 2.18. The lowest BCUT2D eigenvalue weighted by Crippen LogP contribution is -2.31. The van der Waals surface area contributed by atoms with E-state index in [1.165, 1.54) is 6.33 Å². The van der Waals surface area contributed by atoms with Crippen molar-refractivity contribution in [2.75, 3.05) is 6.54 Å². The van der Waals surface area contributed by atoms with Crippen molar-refractivity contribution in [1.82, 2.24) is 20.1 Å². The average molecular weight is 255 g/mol. The van der Waals surface area contributed by atoms with Crippen molar-refractivity contribution in [3.8, 4) is 6.07 Å². The minimum atomic E-state index is -0.229. The second-order valence-electron chi connectivity index (χ2n) is 3.92. The van der Waals surface area contributed by atoms with Crippen LogP contribution in [0.5, 0.6) is 0 Å². The molecule has 1 N–H and O–H groups in total. The first-order chi connectivity index (χ1) is 9.26. The number of hydrogen-bond donors (Lipinski definition) is 1. The molecule has 0 saturated carbocycles. The standard InChI is InChI=1S/C13H13N5O/c1-2-18(13(19)12-15-9-16-17-12)8-11-6-4-3-5-10(11)7-14/h3-6,9H,2,8H2,1H3,(H,15,16,17). The molecule has 6 nitrogen and oxygen atoms in total. The number of amides is 1. The number of carbonyl (C=O) groups is 1. The minimum Gasteiger partial charge on any atom is -0.332 e. The molecule has 1 aromatic heterocycles. The zero-order chi connectivity index (χ0) is 13.7. The minimum absolute atomic E-state index is 0.205.